The number of alkyl carbamates (subject to hydrolysis) is 1. The van der Waals surface area contributed by atoms with Crippen molar-refractivity contribution in [2.45, 2.75) is 37.5 Å². The lowest BCUT2D eigenvalue weighted by molar-refractivity contribution is -0.385. The normalized spacial score (nSPS) is 17.6. The lowest BCUT2D eigenvalue weighted by Crippen LogP contribution is -2.61. The van der Waals surface area contributed by atoms with Crippen LogP contribution in [0.3, 0.4) is 0 Å². The maximum atomic E-state index is 13.0. The highest BCUT2D eigenvalue weighted by atomic mass is 32.2. The molecule has 1 N–H and O–H groups in total. The van der Waals surface area contributed by atoms with Crippen molar-refractivity contribution in [3.05, 3.63) is 90.5 Å². The van der Waals surface area contributed by atoms with Crippen molar-refractivity contribution in [1.29, 1.82) is 0 Å². The number of ether oxygens (including phenoxy) is 3. The fourth-order valence-electron chi connectivity index (χ4n) is 4.02. The molecule has 1 saturated heterocycles. The van der Waals surface area contributed by atoms with E-state index in [1.165, 1.54) is 72.3 Å². The predicted octanol–water partition coefficient (Wildman–Crippen LogP) is 3.39. The molecule has 2 aliphatic rings. The molecule has 2 amide bonds. The molecule has 15 heteroatoms. The molecule has 0 radical (unpaired) electrons. The molecule has 2 aromatic rings. The van der Waals surface area contributed by atoms with Crippen molar-refractivity contribution in [3.8, 4) is 0 Å². The van der Waals surface area contributed by atoms with Gasteiger partial charge in [-0.05, 0) is 48.2 Å². The van der Waals surface area contributed by atoms with Gasteiger partial charge >= 0.3 is 12.1 Å². The van der Waals surface area contributed by atoms with E-state index in [1.54, 1.807) is 0 Å². The molecule has 0 aliphatic carbocycles. The molecule has 14 nitrogen and oxygen atoms in total. The fraction of sp³-hybridized carbons (Fsp3) is 0.320. The Kier molecular flexibility index (Phi) is 8.96. The predicted molar refractivity (Wildman–Crippen MR) is 139 cm³/mol. The monoisotopic (exact) mass is 572 g/mol. The van der Waals surface area contributed by atoms with Gasteiger partial charge in [-0.25, -0.2) is 9.59 Å². The Morgan fingerprint density at radius 1 is 0.950 bits per heavy atom. The van der Waals surface area contributed by atoms with E-state index in [0.717, 1.165) is 0 Å². The summed E-state index contributed by atoms with van der Waals surface area (Å²) in [4.78, 5) is 60.0. The van der Waals surface area contributed by atoms with Crippen LogP contribution >= 0.6 is 11.8 Å². The first-order valence-corrected chi connectivity index (χ1v) is 12.9. The molecule has 0 aromatic heterocycles. The number of methoxy groups -OCH3 is 1. The zero-order valence-corrected chi connectivity index (χ0v) is 22.0. The molecule has 1 fully saturated rings. The summed E-state index contributed by atoms with van der Waals surface area (Å²) in [6.45, 7) is 0.0220. The second kappa shape index (κ2) is 12.6. The zero-order chi connectivity index (χ0) is 28.8. The van der Waals surface area contributed by atoms with Crippen LogP contribution in [-0.4, -0.2) is 57.8 Å². The molecular weight excluding hydrogens is 548 g/mol. The number of thioether (sulfide) groups is 1. The van der Waals surface area contributed by atoms with E-state index < -0.39 is 33.4 Å². The number of carbonyl (C=O) groups is 3. The van der Waals surface area contributed by atoms with Crippen molar-refractivity contribution in [1.82, 2.24) is 10.2 Å². The van der Waals surface area contributed by atoms with Gasteiger partial charge in [-0.3, -0.25) is 29.9 Å². The van der Waals surface area contributed by atoms with Crippen LogP contribution < -0.4 is 5.32 Å². The Bertz CT molecular complexity index is 1350. The molecule has 4 rings (SSSR count). The van der Waals surface area contributed by atoms with Crippen LogP contribution in [0.25, 0.3) is 0 Å². The Morgan fingerprint density at radius 2 is 1.50 bits per heavy atom. The molecule has 40 heavy (non-hydrogen) atoms. The second-order valence-electron chi connectivity index (χ2n) is 8.67. The van der Waals surface area contributed by atoms with Gasteiger partial charge in [0.25, 0.3) is 17.3 Å². The summed E-state index contributed by atoms with van der Waals surface area (Å²) in [5.74, 6) is -1.06. The van der Waals surface area contributed by atoms with E-state index in [2.05, 4.69) is 5.32 Å². The summed E-state index contributed by atoms with van der Waals surface area (Å²) < 4.78 is 15.8. The molecule has 2 aliphatic heterocycles. The van der Waals surface area contributed by atoms with Crippen molar-refractivity contribution in [2.24, 2.45) is 0 Å². The largest absolute Gasteiger partial charge is 0.456 e. The third kappa shape index (κ3) is 6.38. The van der Waals surface area contributed by atoms with Crippen LogP contribution in [0.2, 0.25) is 0 Å². The Morgan fingerprint density at radius 3 is 2.02 bits per heavy atom. The Balaban J connectivity index is 1.30. The highest BCUT2D eigenvalue weighted by Gasteiger charge is 2.56. The van der Waals surface area contributed by atoms with Crippen LogP contribution in [0, 0.1) is 20.2 Å². The van der Waals surface area contributed by atoms with Crippen LogP contribution in [0.4, 0.5) is 16.2 Å². The lowest BCUT2D eigenvalue weighted by Gasteiger charge is -2.41. The van der Waals surface area contributed by atoms with Gasteiger partial charge in [-0.2, -0.15) is 0 Å². The number of β-lactam (4-membered cyclic amide) rings is 1. The van der Waals surface area contributed by atoms with E-state index in [1.807, 2.05) is 0 Å². The van der Waals surface area contributed by atoms with E-state index in [4.69, 9.17) is 14.2 Å². The maximum Gasteiger partial charge on any atom is 0.407 e. The second-order valence-corrected chi connectivity index (χ2v) is 9.89. The molecule has 0 saturated carbocycles. The molecule has 210 valence electrons. The average Bonchev–Trinajstić information content (AvgIpc) is 3.28. The molecule has 0 bridgehead atoms. The van der Waals surface area contributed by atoms with E-state index in [9.17, 15) is 34.6 Å². The van der Waals surface area contributed by atoms with Crippen molar-refractivity contribution < 1.29 is 38.4 Å². The number of non-ortho nitro benzene ring substituents is 2. The van der Waals surface area contributed by atoms with Gasteiger partial charge in [0.05, 0.1) is 9.85 Å². The van der Waals surface area contributed by atoms with Gasteiger partial charge in [0.15, 0.2) is 6.10 Å². The topological polar surface area (TPSA) is 180 Å². The smallest absolute Gasteiger partial charge is 0.407 e. The summed E-state index contributed by atoms with van der Waals surface area (Å²) >= 11 is 1.32. The standard InChI is InChI=1S/C25H24N4O10S/c1-37-21-22(30)27-20(24(31)38-13-15-4-8-17(9-5-15)28(33)34)19(40-23(21)27)3-2-12-26-25(32)39-14-16-6-10-18(11-7-16)29(35)36/h4-11,21,23H,2-3,12-14H2,1H3,(H,26,32)/t21?,23-/m1/s1. The summed E-state index contributed by atoms with van der Waals surface area (Å²) in [7, 11) is 1.41. The number of esters is 1. The summed E-state index contributed by atoms with van der Waals surface area (Å²) in [6, 6.07) is 11.2. The van der Waals surface area contributed by atoms with Gasteiger partial charge in [0.1, 0.15) is 24.3 Å². The molecule has 0 spiro atoms. The number of rotatable bonds is 12. The fourth-order valence-corrected chi connectivity index (χ4v) is 5.53. The minimum absolute atomic E-state index is 0.0628. The first-order chi connectivity index (χ1) is 19.2. The van der Waals surface area contributed by atoms with E-state index >= 15 is 0 Å². The molecule has 2 heterocycles. The Labute approximate surface area is 231 Å². The van der Waals surface area contributed by atoms with Crippen LogP contribution in [0.5, 0.6) is 0 Å². The number of hydrogen-bond donors (Lipinski definition) is 1. The number of allylic oxidation sites excluding steroid dienone is 1. The molecular formula is C25H24N4O10S. The van der Waals surface area contributed by atoms with Crippen molar-refractivity contribution in [2.75, 3.05) is 13.7 Å². The number of nitrogens with one attached hydrogen (secondary N) is 1. The summed E-state index contributed by atoms with van der Waals surface area (Å²) in [6.07, 6.45) is -0.563. The third-order valence-electron chi connectivity index (χ3n) is 6.09. The third-order valence-corrected chi connectivity index (χ3v) is 7.48. The number of carbonyl (C=O) groups excluding carboxylic acids is 3. The Hall–Kier alpha value is -4.50. The molecule has 2 atom stereocenters. The number of amides is 2. The number of nitrogens with zero attached hydrogens (tertiary/aromatic N) is 3. The number of nitro benzene ring substituents is 2. The average molecular weight is 573 g/mol. The first-order valence-electron chi connectivity index (χ1n) is 12.0. The number of hydrogen-bond acceptors (Lipinski definition) is 11. The van der Waals surface area contributed by atoms with Gasteiger partial charge in [-0.1, -0.05) is 11.8 Å². The van der Waals surface area contributed by atoms with Gasteiger partial charge < -0.3 is 19.5 Å². The minimum atomic E-state index is -0.707. The first kappa shape index (κ1) is 28.5. The SMILES string of the molecule is COC1C(=O)N2C(C(=O)OCc3ccc([N+](=O)[O-])cc3)=C(CCCNC(=O)OCc3ccc([N+](=O)[O-])cc3)S[C@H]12. The number of fused-ring (bicyclic) bond motifs is 1. The quantitative estimate of drug-likeness (QED) is 0.129. The lowest BCUT2D eigenvalue weighted by atomic mass is 10.1. The van der Waals surface area contributed by atoms with Gasteiger partial charge in [0, 0.05) is 42.8 Å². The van der Waals surface area contributed by atoms with Crippen LogP contribution in [-0.2, 0) is 37.0 Å². The van der Waals surface area contributed by atoms with E-state index in [0.29, 0.717) is 28.9 Å². The number of benzene rings is 2. The zero-order valence-electron chi connectivity index (χ0n) is 21.1. The van der Waals surface area contributed by atoms with E-state index in [-0.39, 0.29) is 42.7 Å². The van der Waals surface area contributed by atoms with Gasteiger partial charge in [-0.15, -0.1) is 0 Å². The number of nitro groups is 2. The van der Waals surface area contributed by atoms with Crippen molar-refractivity contribution >= 4 is 41.1 Å². The van der Waals surface area contributed by atoms with Crippen molar-refractivity contribution in [3.63, 3.8) is 0 Å². The highest BCUT2D eigenvalue weighted by molar-refractivity contribution is 8.04. The maximum absolute atomic E-state index is 13.0. The summed E-state index contributed by atoms with van der Waals surface area (Å²) in [5, 5.41) is 23.8. The molecule has 2 aromatic carbocycles. The molecule has 1 unspecified atom stereocenters. The van der Waals surface area contributed by atoms with Gasteiger partial charge in [0.2, 0.25) is 0 Å². The summed E-state index contributed by atoms with van der Waals surface area (Å²) in [5.41, 5.74) is 1.10. The highest BCUT2D eigenvalue weighted by Crippen LogP contribution is 2.49. The van der Waals surface area contributed by atoms with Crippen LogP contribution in [0.15, 0.2) is 59.1 Å². The minimum Gasteiger partial charge on any atom is -0.456 e. The van der Waals surface area contributed by atoms with Crippen LogP contribution in [0.1, 0.15) is 24.0 Å².